The van der Waals surface area contributed by atoms with Crippen LogP contribution in [0.1, 0.15) is 31.3 Å². The van der Waals surface area contributed by atoms with E-state index in [1.165, 1.54) is 18.6 Å². The van der Waals surface area contributed by atoms with E-state index in [4.69, 9.17) is 0 Å². The summed E-state index contributed by atoms with van der Waals surface area (Å²) in [5.41, 5.74) is -0.255. The number of rotatable bonds is 5. The molecule has 2 amide bonds. The first-order valence-corrected chi connectivity index (χ1v) is 6.13. The predicted molar refractivity (Wildman–Crippen MR) is 71.8 cm³/mol. The number of aromatic nitrogens is 2. The van der Waals surface area contributed by atoms with Gasteiger partial charge in [0.15, 0.2) is 0 Å². The van der Waals surface area contributed by atoms with Gasteiger partial charge in [0.1, 0.15) is 12.0 Å². The number of nitrogens with one attached hydrogen (secondary N) is 2. The van der Waals surface area contributed by atoms with Gasteiger partial charge in [-0.3, -0.25) is 14.6 Å². The van der Waals surface area contributed by atoms with Crippen LogP contribution < -0.4 is 10.6 Å². The second-order valence-corrected chi connectivity index (χ2v) is 5.32. The van der Waals surface area contributed by atoms with E-state index >= 15 is 0 Å². The second-order valence-electron chi connectivity index (χ2n) is 5.32. The van der Waals surface area contributed by atoms with Crippen LogP contribution in [0.3, 0.4) is 0 Å². The molecule has 2 N–H and O–H groups in total. The molecule has 20 heavy (non-hydrogen) atoms. The van der Waals surface area contributed by atoms with Gasteiger partial charge < -0.3 is 15.4 Å². The van der Waals surface area contributed by atoms with Crippen LogP contribution in [-0.2, 0) is 9.59 Å². The van der Waals surface area contributed by atoms with Gasteiger partial charge in [0.2, 0.25) is 5.91 Å². The van der Waals surface area contributed by atoms with Crippen LogP contribution in [0.2, 0.25) is 0 Å². The fourth-order valence-corrected chi connectivity index (χ4v) is 1.35. The maximum absolute atomic E-state index is 11.7. The van der Waals surface area contributed by atoms with Gasteiger partial charge in [-0.25, -0.2) is 4.98 Å². The van der Waals surface area contributed by atoms with Crippen LogP contribution in [0.5, 0.6) is 0 Å². The first-order chi connectivity index (χ1) is 9.34. The molecule has 1 unspecified atom stereocenters. The van der Waals surface area contributed by atoms with Crippen molar-refractivity contribution >= 4 is 18.1 Å². The van der Waals surface area contributed by atoms with Crippen LogP contribution >= 0.6 is 0 Å². The highest BCUT2D eigenvalue weighted by molar-refractivity contribution is 5.94. The number of hydrogen-bond donors (Lipinski definition) is 2. The number of amides is 2. The lowest BCUT2D eigenvalue weighted by molar-refractivity contribution is -0.124. The molecule has 108 valence electrons. The molecule has 0 aliphatic rings. The zero-order valence-electron chi connectivity index (χ0n) is 11.7. The molecular weight excluding hydrogens is 260 g/mol. The molecule has 1 aromatic heterocycles. The minimum absolute atomic E-state index is 0.128. The molecule has 1 atom stereocenters. The zero-order chi connectivity index (χ0) is 15.2. The lowest BCUT2D eigenvalue weighted by Gasteiger charge is -2.26. The van der Waals surface area contributed by atoms with Gasteiger partial charge in [0.25, 0.3) is 5.91 Å². The summed E-state index contributed by atoms with van der Waals surface area (Å²) in [5.74, 6) is -0.930. The van der Waals surface area contributed by atoms with E-state index in [1.807, 2.05) is 20.8 Å². The van der Waals surface area contributed by atoms with Gasteiger partial charge in [0.05, 0.1) is 18.8 Å². The van der Waals surface area contributed by atoms with Gasteiger partial charge in [-0.2, -0.15) is 0 Å². The molecule has 0 saturated carbocycles. The molecule has 0 spiro atoms. The Balaban J connectivity index is 2.48. The summed E-state index contributed by atoms with van der Waals surface area (Å²) in [6, 6.07) is -0.608. The Morgan fingerprint density at radius 1 is 1.35 bits per heavy atom. The summed E-state index contributed by atoms with van der Waals surface area (Å²) in [6.45, 7) is 5.29. The average molecular weight is 278 g/mol. The number of hydrogen-bond acceptors (Lipinski definition) is 5. The summed E-state index contributed by atoms with van der Waals surface area (Å²) in [4.78, 5) is 41.8. The Kier molecular flexibility index (Phi) is 5.31. The topological polar surface area (TPSA) is 101 Å². The Morgan fingerprint density at radius 2 is 2.05 bits per heavy atom. The standard InChI is InChI=1S/C13H18N4O3/c1-13(2,3)10(8-18)17-11(19)7-16-12(20)9-6-14-4-5-15-9/h4-6,8,10H,7H2,1-3H3,(H,16,20)(H,17,19). The van der Waals surface area contributed by atoms with Crippen molar-refractivity contribution in [2.24, 2.45) is 5.41 Å². The molecular formula is C13H18N4O3. The Hall–Kier alpha value is -2.31. The largest absolute Gasteiger partial charge is 0.345 e. The first kappa shape index (κ1) is 15.7. The van der Waals surface area contributed by atoms with Crippen LogP contribution in [0, 0.1) is 5.41 Å². The van der Waals surface area contributed by atoms with Crippen molar-refractivity contribution in [1.29, 1.82) is 0 Å². The zero-order valence-corrected chi connectivity index (χ0v) is 11.7. The van der Waals surface area contributed by atoms with Crippen LogP contribution in [0.4, 0.5) is 0 Å². The Morgan fingerprint density at radius 3 is 2.55 bits per heavy atom. The van der Waals surface area contributed by atoms with Crippen LogP contribution in [0.25, 0.3) is 0 Å². The normalized spacial score (nSPS) is 12.3. The quantitative estimate of drug-likeness (QED) is 0.735. The third-order valence-corrected chi connectivity index (χ3v) is 2.59. The van der Waals surface area contributed by atoms with Crippen molar-refractivity contribution in [3.8, 4) is 0 Å². The number of nitrogens with zero attached hydrogens (tertiary/aromatic N) is 2. The molecule has 0 bridgehead atoms. The van der Waals surface area contributed by atoms with Crippen molar-refractivity contribution in [1.82, 2.24) is 20.6 Å². The first-order valence-electron chi connectivity index (χ1n) is 6.13. The molecule has 7 heteroatoms. The summed E-state index contributed by atoms with van der Waals surface area (Å²) in [5, 5.41) is 4.97. The molecule has 1 rings (SSSR count). The number of carbonyl (C=O) groups excluding carboxylic acids is 3. The van der Waals surface area contributed by atoms with Crippen molar-refractivity contribution in [2.75, 3.05) is 6.54 Å². The lowest BCUT2D eigenvalue weighted by Crippen LogP contribution is -2.48. The summed E-state index contributed by atoms with van der Waals surface area (Å²) in [7, 11) is 0. The molecule has 0 radical (unpaired) electrons. The molecule has 7 nitrogen and oxygen atoms in total. The number of aldehydes is 1. The van der Waals surface area contributed by atoms with Gasteiger partial charge >= 0.3 is 0 Å². The fourth-order valence-electron chi connectivity index (χ4n) is 1.35. The number of carbonyl (C=O) groups is 3. The third-order valence-electron chi connectivity index (χ3n) is 2.59. The van der Waals surface area contributed by atoms with Crippen LogP contribution in [-0.4, -0.2) is 40.7 Å². The predicted octanol–water partition coefficient (Wildman–Crippen LogP) is -0.0638. The minimum atomic E-state index is -0.608. The second kappa shape index (κ2) is 6.74. The van der Waals surface area contributed by atoms with Gasteiger partial charge in [-0.05, 0) is 5.41 Å². The molecule has 0 saturated heterocycles. The summed E-state index contributed by atoms with van der Waals surface area (Å²) in [6.07, 6.45) is 4.82. The van der Waals surface area contributed by atoms with E-state index in [-0.39, 0.29) is 17.7 Å². The van der Waals surface area contributed by atoms with Crippen LogP contribution in [0.15, 0.2) is 18.6 Å². The maximum Gasteiger partial charge on any atom is 0.271 e. The highest BCUT2D eigenvalue weighted by atomic mass is 16.2. The van der Waals surface area contributed by atoms with E-state index < -0.39 is 17.9 Å². The van der Waals surface area contributed by atoms with Gasteiger partial charge in [-0.1, -0.05) is 20.8 Å². The minimum Gasteiger partial charge on any atom is -0.345 e. The highest BCUT2D eigenvalue weighted by Crippen LogP contribution is 2.17. The third kappa shape index (κ3) is 4.75. The van der Waals surface area contributed by atoms with E-state index in [2.05, 4.69) is 20.6 Å². The Labute approximate surface area is 117 Å². The molecule has 1 heterocycles. The van der Waals surface area contributed by atoms with Gasteiger partial charge in [-0.15, -0.1) is 0 Å². The van der Waals surface area contributed by atoms with Crippen molar-refractivity contribution in [3.05, 3.63) is 24.3 Å². The van der Waals surface area contributed by atoms with Crippen molar-refractivity contribution in [3.63, 3.8) is 0 Å². The van der Waals surface area contributed by atoms with Gasteiger partial charge in [0, 0.05) is 12.4 Å². The average Bonchev–Trinajstić information content (AvgIpc) is 2.41. The van der Waals surface area contributed by atoms with E-state index in [9.17, 15) is 14.4 Å². The SMILES string of the molecule is CC(C)(C)C(C=O)NC(=O)CNC(=O)c1cnccn1. The summed E-state index contributed by atoms with van der Waals surface area (Å²) < 4.78 is 0. The molecule has 0 aromatic carbocycles. The smallest absolute Gasteiger partial charge is 0.271 e. The summed E-state index contributed by atoms with van der Waals surface area (Å²) >= 11 is 0. The maximum atomic E-state index is 11.7. The molecule has 1 aromatic rings. The molecule has 0 aliphatic carbocycles. The van der Waals surface area contributed by atoms with Crippen molar-refractivity contribution < 1.29 is 14.4 Å². The highest BCUT2D eigenvalue weighted by Gasteiger charge is 2.25. The van der Waals surface area contributed by atoms with Crippen molar-refractivity contribution in [2.45, 2.75) is 26.8 Å². The Bertz CT molecular complexity index is 482. The fraction of sp³-hybridized carbons (Fsp3) is 0.462. The van der Waals surface area contributed by atoms with E-state index in [0.29, 0.717) is 6.29 Å². The molecule has 0 fully saturated rings. The monoisotopic (exact) mass is 278 g/mol. The van der Waals surface area contributed by atoms with E-state index in [0.717, 1.165) is 0 Å². The van der Waals surface area contributed by atoms with E-state index in [1.54, 1.807) is 0 Å². The lowest BCUT2D eigenvalue weighted by atomic mass is 9.88. The molecule has 0 aliphatic heterocycles.